The minimum absolute atomic E-state index is 0.0229. The molecular weight excluding hydrogens is 204 g/mol. The molecule has 0 amide bonds. The van der Waals surface area contributed by atoms with Crippen molar-refractivity contribution in [1.29, 1.82) is 0 Å². The van der Waals surface area contributed by atoms with E-state index in [1.54, 1.807) is 6.08 Å². The van der Waals surface area contributed by atoms with E-state index in [0.717, 1.165) is 5.56 Å². The summed E-state index contributed by atoms with van der Waals surface area (Å²) in [7, 11) is 1.25. The van der Waals surface area contributed by atoms with Gasteiger partial charge in [-0.25, -0.2) is 4.79 Å². The molecule has 1 unspecified atom stereocenters. The summed E-state index contributed by atoms with van der Waals surface area (Å²) < 4.78 is 4.45. The number of hydrogen-bond donors (Lipinski definition) is 1. The summed E-state index contributed by atoms with van der Waals surface area (Å²) in [5.41, 5.74) is 0.967. The molecule has 1 N–H and O–H groups in total. The number of esters is 1. The van der Waals surface area contributed by atoms with E-state index in [1.165, 1.54) is 13.2 Å². The topological polar surface area (TPSA) is 46.5 Å². The maximum absolute atomic E-state index is 11.0. The Bertz CT molecular complexity index is 393. The zero-order chi connectivity index (χ0) is 12.0. The standard InChI is InChI=1S/C13H14O3/c1-10(13(15)16-2)12(14)9-8-11-6-4-3-5-7-11/h3-9,12,14H,1H2,2H3. The van der Waals surface area contributed by atoms with Crippen molar-refractivity contribution in [1.82, 2.24) is 0 Å². The first-order valence-electron chi connectivity index (χ1n) is 4.83. The van der Waals surface area contributed by atoms with Crippen molar-refractivity contribution >= 4 is 12.0 Å². The molecule has 1 atom stereocenters. The molecule has 1 aromatic carbocycles. The minimum Gasteiger partial charge on any atom is -0.466 e. The first-order valence-corrected chi connectivity index (χ1v) is 4.83. The van der Waals surface area contributed by atoms with Crippen molar-refractivity contribution in [3.05, 3.63) is 54.1 Å². The van der Waals surface area contributed by atoms with Crippen LogP contribution >= 0.6 is 0 Å². The van der Waals surface area contributed by atoms with E-state index in [0.29, 0.717) is 0 Å². The Morgan fingerprint density at radius 1 is 1.44 bits per heavy atom. The van der Waals surface area contributed by atoms with Gasteiger partial charge in [0.2, 0.25) is 0 Å². The number of ether oxygens (including phenoxy) is 1. The van der Waals surface area contributed by atoms with E-state index in [9.17, 15) is 9.90 Å². The van der Waals surface area contributed by atoms with Crippen LogP contribution in [0.2, 0.25) is 0 Å². The van der Waals surface area contributed by atoms with Gasteiger partial charge >= 0.3 is 5.97 Å². The normalized spacial score (nSPS) is 12.4. The molecule has 0 aliphatic rings. The first-order chi connectivity index (χ1) is 7.65. The van der Waals surface area contributed by atoms with Crippen LogP contribution in [0.1, 0.15) is 5.56 Å². The van der Waals surface area contributed by atoms with E-state index >= 15 is 0 Å². The number of hydrogen-bond acceptors (Lipinski definition) is 3. The van der Waals surface area contributed by atoms with E-state index in [2.05, 4.69) is 11.3 Å². The van der Waals surface area contributed by atoms with Gasteiger partial charge in [-0.1, -0.05) is 49.1 Å². The lowest BCUT2D eigenvalue weighted by Gasteiger charge is -2.06. The zero-order valence-corrected chi connectivity index (χ0v) is 9.09. The second-order valence-electron chi connectivity index (χ2n) is 3.23. The summed E-state index contributed by atoms with van der Waals surface area (Å²) >= 11 is 0. The highest BCUT2D eigenvalue weighted by Crippen LogP contribution is 2.07. The molecular formula is C13H14O3. The average Bonchev–Trinajstić information content (AvgIpc) is 2.35. The lowest BCUT2D eigenvalue weighted by molar-refractivity contribution is -0.136. The van der Waals surface area contributed by atoms with Gasteiger partial charge in [-0.05, 0) is 5.56 Å². The Morgan fingerprint density at radius 2 is 2.06 bits per heavy atom. The molecule has 0 aliphatic heterocycles. The summed E-state index contributed by atoms with van der Waals surface area (Å²) in [5, 5.41) is 9.59. The van der Waals surface area contributed by atoms with Crippen molar-refractivity contribution in [3.8, 4) is 0 Å². The maximum Gasteiger partial charge on any atom is 0.336 e. The fourth-order valence-corrected chi connectivity index (χ4v) is 1.13. The van der Waals surface area contributed by atoms with Crippen molar-refractivity contribution in [3.63, 3.8) is 0 Å². The van der Waals surface area contributed by atoms with E-state index in [1.807, 2.05) is 30.3 Å². The fourth-order valence-electron chi connectivity index (χ4n) is 1.13. The fraction of sp³-hybridized carbons (Fsp3) is 0.154. The van der Waals surface area contributed by atoms with Crippen LogP contribution < -0.4 is 0 Å². The Kier molecular flexibility index (Phi) is 4.48. The molecule has 3 nitrogen and oxygen atoms in total. The monoisotopic (exact) mass is 218 g/mol. The lowest BCUT2D eigenvalue weighted by Crippen LogP contribution is -2.15. The third-order valence-corrected chi connectivity index (χ3v) is 2.08. The molecule has 16 heavy (non-hydrogen) atoms. The van der Waals surface area contributed by atoms with Crippen LogP contribution in [-0.4, -0.2) is 24.3 Å². The minimum atomic E-state index is -1.02. The molecule has 3 heteroatoms. The van der Waals surface area contributed by atoms with Gasteiger partial charge in [0, 0.05) is 0 Å². The predicted octanol–water partition coefficient (Wildman–Crippen LogP) is 1.79. The molecule has 0 spiro atoms. The highest BCUT2D eigenvalue weighted by molar-refractivity contribution is 5.89. The van der Waals surface area contributed by atoms with Crippen LogP contribution in [0.4, 0.5) is 0 Å². The van der Waals surface area contributed by atoms with Gasteiger partial charge in [0.15, 0.2) is 0 Å². The number of rotatable bonds is 4. The van der Waals surface area contributed by atoms with Gasteiger partial charge in [-0.15, -0.1) is 0 Å². The summed E-state index contributed by atoms with van der Waals surface area (Å²) in [6.07, 6.45) is 2.19. The first kappa shape index (κ1) is 12.2. The molecule has 0 radical (unpaired) electrons. The summed E-state index contributed by atoms with van der Waals surface area (Å²) in [6.45, 7) is 3.46. The molecule has 84 valence electrons. The number of aliphatic hydroxyl groups excluding tert-OH is 1. The van der Waals surface area contributed by atoms with Gasteiger partial charge < -0.3 is 9.84 Å². The van der Waals surface area contributed by atoms with Crippen LogP contribution in [0.15, 0.2) is 48.6 Å². The van der Waals surface area contributed by atoms with Crippen LogP contribution in [0.3, 0.4) is 0 Å². The third kappa shape index (κ3) is 3.37. The molecule has 1 aromatic rings. The summed E-state index contributed by atoms with van der Waals surface area (Å²) in [4.78, 5) is 11.0. The molecule has 0 saturated carbocycles. The quantitative estimate of drug-likeness (QED) is 0.619. The van der Waals surface area contributed by atoms with E-state index in [4.69, 9.17) is 0 Å². The number of benzene rings is 1. The van der Waals surface area contributed by atoms with Crippen molar-refractivity contribution in [2.45, 2.75) is 6.10 Å². The molecule has 1 rings (SSSR count). The Morgan fingerprint density at radius 3 is 2.62 bits per heavy atom. The Labute approximate surface area is 94.7 Å². The van der Waals surface area contributed by atoms with Gasteiger partial charge in [-0.2, -0.15) is 0 Å². The number of methoxy groups -OCH3 is 1. The highest BCUT2D eigenvalue weighted by atomic mass is 16.5. The third-order valence-electron chi connectivity index (χ3n) is 2.08. The second kappa shape index (κ2) is 5.88. The Hall–Kier alpha value is -1.87. The molecule has 0 bridgehead atoms. The predicted molar refractivity (Wildman–Crippen MR) is 62.6 cm³/mol. The number of carbonyl (C=O) groups is 1. The second-order valence-corrected chi connectivity index (χ2v) is 3.23. The van der Waals surface area contributed by atoms with Crippen molar-refractivity contribution in [2.24, 2.45) is 0 Å². The van der Waals surface area contributed by atoms with Gasteiger partial charge in [0.25, 0.3) is 0 Å². The number of aliphatic hydroxyl groups is 1. The Balaban J connectivity index is 2.64. The van der Waals surface area contributed by atoms with Crippen LogP contribution in [0.5, 0.6) is 0 Å². The SMILES string of the molecule is C=C(C(=O)OC)C(O)C=Cc1ccccc1. The van der Waals surface area contributed by atoms with Crippen LogP contribution in [0, 0.1) is 0 Å². The smallest absolute Gasteiger partial charge is 0.336 e. The molecule has 0 aliphatic carbocycles. The molecule has 0 fully saturated rings. The van der Waals surface area contributed by atoms with Gasteiger partial charge in [-0.3, -0.25) is 0 Å². The highest BCUT2D eigenvalue weighted by Gasteiger charge is 2.13. The van der Waals surface area contributed by atoms with Gasteiger partial charge in [0.05, 0.1) is 12.7 Å². The van der Waals surface area contributed by atoms with Gasteiger partial charge in [0.1, 0.15) is 6.10 Å². The molecule has 0 aromatic heterocycles. The summed E-state index contributed by atoms with van der Waals surface area (Å²) in [6, 6.07) is 9.47. The van der Waals surface area contributed by atoms with Crippen LogP contribution in [-0.2, 0) is 9.53 Å². The molecule has 0 saturated heterocycles. The maximum atomic E-state index is 11.0. The summed E-state index contributed by atoms with van der Waals surface area (Å²) in [5.74, 6) is -0.606. The van der Waals surface area contributed by atoms with E-state index in [-0.39, 0.29) is 5.57 Å². The largest absolute Gasteiger partial charge is 0.466 e. The lowest BCUT2D eigenvalue weighted by atomic mass is 10.1. The molecule has 0 heterocycles. The van der Waals surface area contributed by atoms with Crippen molar-refractivity contribution < 1.29 is 14.6 Å². The van der Waals surface area contributed by atoms with Crippen molar-refractivity contribution in [2.75, 3.05) is 7.11 Å². The van der Waals surface area contributed by atoms with Crippen LogP contribution in [0.25, 0.3) is 6.08 Å². The zero-order valence-electron chi connectivity index (χ0n) is 9.09. The number of carbonyl (C=O) groups excluding carboxylic acids is 1. The average molecular weight is 218 g/mol. The van der Waals surface area contributed by atoms with E-state index < -0.39 is 12.1 Å².